The number of alkyl halides is 6. The summed E-state index contributed by atoms with van der Waals surface area (Å²) in [5, 5.41) is 0. The number of rotatable bonds is 4. The maximum atomic E-state index is 13.0. The molecular formula is C18H17F6N3O2. The molecule has 0 unspecified atom stereocenters. The van der Waals surface area contributed by atoms with Gasteiger partial charge in [0, 0.05) is 25.4 Å². The number of aromatic nitrogens is 2. The van der Waals surface area contributed by atoms with Crippen molar-refractivity contribution in [3.63, 3.8) is 0 Å². The molecule has 0 bridgehead atoms. The van der Waals surface area contributed by atoms with Crippen LogP contribution < -0.4 is 5.56 Å². The minimum absolute atomic E-state index is 0.0274. The Bertz CT molecular complexity index is 931. The van der Waals surface area contributed by atoms with Gasteiger partial charge in [0.05, 0.1) is 11.1 Å². The average molecular weight is 421 g/mol. The molecule has 0 saturated carbocycles. The van der Waals surface area contributed by atoms with Crippen LogP contribution in [0.1, 0.15) is 35.3 Å². The molecule has 29 heavy (non-hydrogen) atoms. The molecule has 158 valence electrons. The van der Waals surface area contributed by atoms with Gasteiger partial charge in [-0.05, 0) is 24.1 Å². The quantitative estimate of drug-likeness (QED) is 0.753. The van der Waals surface area contributed by atoms with Gasteiger partial charge in [0.1, 0.15) is 11.4 Å². The Kier molecular flexibility index (Phi) is 6.10. The highest BCUT2D eigenvalue weighted by molar-refractivity contribution is 5.93. The number of aromatic amines is 1. The molecule has 1 aromatic heterocycles. The predicted octanol–water partition coefficient (Wildman–Crippen LogP) is 4.20. The summed E-state index contributed by atoms with van der Waals surface area (Å²) in [5.41, 5.74) is -5.01. The van der Waals surface area contributed by atoms with Crippen molar-refractivity contribution < 1.29 is 31.1 Å². The van der Waals surface area contributed by atoms with E-state index in [1.807, 2.05) is 13.8 Å². The molecule has 0 aliphatic heterocycles. The standard InChI is InChI=1S/C18H17F6N3O2/c1-9(2)8-27(3)16(29)13-7-25-14(26-15(13)28)10-4-11(17(19,20)21)6-12(5-10)18(22,23)24/h4-7,9H,8H2,1-3H3,(H,25,26,28). The zero-order valence-corrected chi connectivity index (χ0v) is 15.6. The summed E-state index contributed by atoms with van der Waals surface area (Å²) in [6, 6.07) is 0.861. The molecule has 0 atom stereocenters. The Hall–Kier alpha value is -2.85. The van der Waals surface area contributed by atoms with Gasteiger partial charge >= 0.3 is 12.4 Å². The van der Waals surface area contributed by atoms with E-state index in [1.54, 1.807) is 0 Å². The van der Waals surface area contributed by atoms with Gasteiger partial charge in [-0.1, -0.05) is 13.8 Å². The molecule has 2 rings (SSSR count). The van der Waals surface area contributed by atoms with Crippen molar-refractivity contribution in [2.24, 2.45) is 5.92 Å². The number of hydrogen-bond donors (Lipinski definition) is 1. The first kappa shape index (κ1) is 22.4. The van der Waals surface area contributed by atoms with Crippen molar-refractivity contribution in [2.75, 3.05) is 13.6 Å². The van der Waals surface area contributed by atoms with Gasteiger partial charge in [0.15, 0.2) is 0 Å². The second-order valence-corrected chi connectivity index (χ2v) is 6.85. The van der Waals surface area contributed by atoms with Gasteiger partial charge in [-0.15, -0.1) is 0 Å². The summed E-state index contributed by atoms with van der Waals surface area (Å²) in [5.74, 6) is -1.07. The lowest BCUT2D eigenvalue weighted by atomic mass is 10.0. The fourth-order valence-electron chi connectivity index (χ4n) is 2.62. The average Bonchev–Trinajstić information content (AvgIpc) is 2.58. The fraction of sp³-hybridized carbons (Fsp3) is 0.389. The lowest BCUT2D eigenvalue weighted by Gasteiger charge is -2.19. The first-order valence-electron chi connectivity index (χ1n) is 8.34. The third-order valence-corrected chi connectivity index (χ3v) is 3.88. The van der Waals surface area contributed by atoms with Crippen LogP contribution in [0.4, 0.5) is 26.3 Å². The predicted molar refractivity (Wildman–Crippen MR) is 92.1 cm³/mol. The Balaban J connectivity index is 2.52. The van der Waals surface area contributed by atoms with Crippen molar-refractivity contribution in [1.82, 2.24) is 14.9 Å². The summed E-state index contributed by atoms with van der Waals surface area (Å²) in [6.07, 6.45) is -9.24. The fourth-order valence-corrected chi connectivity index (χ4v) is 2.62. The number of H-pyrrole nitrogens is 1. The summed E-state index contributed by atoms with van der Waals surface area (Å²) in [4.78, 5) is 31.6. The number of nitrogens with zero attached hydrogens (tertiary/aromatic N) is 2. The number of carbonyl (C=O) groups is 1. The normalized spacial score (nSPS) is 12.3. The van der Waals surface area contributed by atoms with E-state index in [4.69, 9.17) is 0 Å². The molecule has 1 aromatic carbocycles. The number of carbonyl (C=O) groups excluding carboxylic acids is 1. The number of hydrogen-bond acceptors (Lipinski definition) is 3. The van der Waals surface area contributed by atoms with E-state index >= 15 is 0 Å². The largest absolute Gasteiger partial charge is 0.416 e. The van der Waals surface area contributed by atoms with E-state index < -0.39 is 46.3 Å². The van der Waals surface area contributed by atoms with Crippen LogP contribution in [0, 0.1) is 5.92 Å². The van der Waals surface area contributed by atoms with Crippen molar-refractivity contribution in [3.8, 4) is 11.4 Å². The lowest BCUT2D eigenvalue weighted by molar-refractivity contribution is -0.143. The summed E-state index contributed by atoms with van der Waals surface area (Å²) < 4.78 is 77.9. The second kappa shape index (κ2) is 7.88. The maximum Gasteiger partial charge on any atom is 0.416 e. The van der Waals surface area contributed by atoms with Crippen LogP contribution in [0.3, 0.4) is 0 Å². The SMILES string of the molecule is CC(C)CN(C)C(=O)c1cnc(-c2cc(C(F)(F)F)cc(C(F)(F)F)c2)[nH]c1=O. The van der Waals surface area contributed by atoms with Crippen molar-refractivity contribution in [1.29, 1.82) is 0 Å². The molecular weight excluding hydrogens is 404 g/mol. The summed E-state index contributed by atoms with van der Waals surface area (Å²) >= 11 is 0. The number of halogens is 6. The lowest BCUT2D eigenvalue weighted by Crippen LogP contribution is -2.34. The number of nitrogens with one attached hydrogen (secondary N) is 1. The maximum absolute atomic E-state index is 13.0. The van der Waals surface area contributed by atoms with Crippen LogP contribution in [0.25, 0.3) is 11.4 Å². The molecule has 0 saturated heterocycles. The Labute approximate surface area is 161 Å². The van der Waals surface area contributed by atoms with Gasteiger partial charge in [0.25, 0.3) is 11.5 Å². The van der Waals surface area contributed by atoms with Gasteiger partial charge < -0.3 is 9.88 Å². The number of benzene rings is 1. The summed E-state index contributed by atoms with van der Waals surface area (Å²) in [6.45, 7) is 4.03. The van der Waals surface area contributed by atoms with Gasteiger partial charge in [-0.25, -0.2) is 4.98 Å². The van der Waals surface area contributed by atoms with E-state index in [2.05, 4.69) is 9.97 Å². The van der Waals surface area contributed by atoms with Crippen LogP contribution in [-0.4, -0.2) is 34.4 Å². The first-order valence-corrected chi connectivity index (χ1v) is 8.34. The molecule has 0 fully saturated rings. The third kappa shape index (κ3) is 5.36. The first-order chi connectivity index (χ1) is 13.2. The third-order valence-electron chi connectivity index (χ3n) is 3.88. The second-order valence-electron chi connectivity index (χ2n) is 6.85. The zero-order chi connectivity index (χ0) is 22.1. The van der Waals surface area contributed by atoms with E-state index in [-0.39, 0.29) is 17.5 Å². The molecule has 0 aliphatic carbocycles. The minimum Gasteiger partial charge on any atom is -0.341 e. The molecule has 11 heteroatoms. The highest BCUT2D eigenvalue weighted by atomic mass is 19.4. The smallest absolute Gasteiger partial charge is 0.341 e. The Morgan fingerprint density at radius 3 is 2.00 bits per heavy atom. The summed E-state index contributed by atoms with van der Waals surface area (Å²) in [7, 11) is 1.46. The van der Waals surface area contributed by atoms with Gasteiger partial charge in [-0.3, -0.25) is 9.59 Å². The van der Waals surface area contributed by atoms with Crippen LogP contribution in [-0.2, 0) is 12.4 Å². The number of amides is 1. The van der Waals surface area contributed by atoms with Crippen LogP contribution >= 0.6 is 0 Å². The van der Waals surface area contributed by atoms with Crippen molar-refractivity contribution in [2.45, 2.75) is 26.2 Å². The molecule has 0 aliphatic rings. The molecule has 0 radical (unpaired) electrons. The van der Waals surface area contributed by atoms with E-state index in [1.165, 1.54) is 11.9 Å². The van der Waals surface area contributed by atoms with Gasteiger partial charge in [0.2, 0.25) is 0 Å². The monoisotopic (exact) mass is 421 g/mol. The minimum atomic E-state index is -5.04. The topological polar surface area (TPSA) is 66.1 Å². The molecule has 1 N–H and O–H groups in total. The highest BCUT2D eigenvalue weighted by Crippen LogP contribution is 2.37. The van der Waals surface area contributed by atoms with E-state index in [9.17, 15) is 35.9 Å². The molecule has 0 spiro atoms. The molecule has 2 aromatic rings. The van der Waals surface area contributed by atoms with E-state index in [0.717, 1.165) is 6.20 Å². The van der Waals surface area contributed by atoms with Crippen molar-refractivity contribution in [3.05, 3.63) is 51.4 Å². The Morgan fingerprint density at radius 1 is 1.07 bits per heavy atom. The molecule has 1 amide bonds. The molecule has 1 heterocycles. The van der Waals surface area contributed by atoms with Gasteiger partial charge in [-0.2, -0.15) is 26.3 Å². The van der Waals surface area contributed by atoms with E-state index in [0.29, 0.717) is 18.7 Å². The highest BCUT2D eigenvalue weighted by Gasteiger charge is 2.37. The zero-order valence-electron chi connectivity index (χ0n) is 15.6. The molecule has 5 nitrogen and oxygen atoms in total. The van der Waals surface area contributed by atoms with Crippen LogP contribution in [0.5, 0.6) is 0 Å². The van der Waals surface area contributed by atoms with Crippen molar-refractivity contribution >= 4 is 5.91 Å². The van der Waals surface area contributed by atoms with Crippen LogP contribution in [0.15, 0.2) is 29.2 Å². The Morgan fingerprint density at radius 2 is 1.59 bits per heavy atom. The van der Waals surface area contributed by atoms with Crippen LogP contribution in [0.2, 0.25) is 0 Å².